The molecule has 0 saturated heterocycles. The van der Waals surface area contributed by atoms with E-state index in [1.54, 1.807) is 31.2 Å². The van der Waals surface area contributed by atoms with Crippen molar-refractivity contribution in [1.29, 1.82) is 0 Å². The lowest BCUT2D eigenvalue weighted by Crippen LogP contribution is -2.49. The molecular weight excluding hydrogens is 422 g/mol. The number of esters is 1. The van der Waals surface area contributed by atoms with Gasteiger partial charge < -0.3 is 14.4 Å². The topological polar surface area (TPSA) is 96.5 Å². The molecule has 2 aromatic carbocycles. The van der Waals surface area contributed by atoms with Crippen LogP contribution in [-0.4, -0.2) is 54.3 Å². The first-order valence-electron chi connectivity index (χ1n) is 9.65. The second-order valence-electron chi connectivity index (χ2n) is 7.16. The number of sulfonamides is 1. The second kappa shape index (κ2) is 8.46. The van der Waals surface area contributed by atoms with Gasteiger partial charge in [-0.2, -0.15) is 4.31 Å². The van der Waals surface area contributed by atoms with Crippen LogP contribution in [0.4, 0.5) is 21.9 Å². The molecule has 3 rings (SSSR count). The van der Waals surface area contributed by atoms with E-state index in [4.69, 9.17) is 9.47 Å². The first-order valence-corrected chi connectivity index (χ1v) is 11.1. The molecule has 0 radical (unpaired) electrons. The third-order valence-electron chi connectivity index (χ3n) is 4.80. The number of benzene rings is 2. The second-order valence-corrected chi connectivity index (χ2v) is 8.92. The van der Waals surface area contributed by atoms with E-state index in [0.717, 1.165) is 9.99 Å². The van der Waals surface area contributed by atoms with Crippen molar-refractivity contribution in [2.75, 3.05) is 41.9 Å². The molecule has 9 nitrogen and oxygen atoms in total. The third kappa shape index (κ3) is 4.15. The van der Waals surface area contributed by atoms with Crippen LogP contribution in [0.15, 0.2) is 47.4 Å². The van der Waals surface area contributed by atoms with Gasteiger partial charge in [0.25, 0.3) is 10.0 Å². The summed E-state index contributed by atoms with van der Waals surface area (Å²) >= 11 is 0. The number of nitrogens with zero attached hydrogens (tertiary/aromatic N) is 3. The SMILES string of the molecule is CCOC(=O)C(C)Oc1ccc2c(c1)N(C)C(=O)N(c1ccc(N(C)C)cc1)S2(=O)=O. The van der Waals surface area contributed by atoms with Crippen molar-refractivity contribution in [3.05, 3.63) is 42.5 Å². The van der Waals surface area contributed by atoms with E-state index < -0.39 is 28.1 Å². The molecule has 2 amide bonds. The molecule has 31 heavy (non-hydrogen) atoms. The molecule has 10 heteroatoms. The van der Waals surface area contributed by atoms with E-state index in [2.05, 4.69) is 0 Å². The molecule has 2 aromatic rings. The fourth-order valence-corrected chi connectivity index (χ4v) is 4.76. The van der Waals surface area contributed by atoms with Crippen LogP contribution in [0.1, 0.15) is 13.8 Å². The van der Waals surface area contributed by atoms with Gasteiger partial charge in [0.1, 0.15) is 10.6 Å². The lowest BCUT2D eigenvalue weighted by Gasteiger charge is -2.34. The molecule has 0 aliphatic carbocycles. The minimum atomic E-state index is -4.14. The van der Waals surface area contributed by atoms with Gasteiger partial charge in [-0.15, -0.1) is 0 Å². The number of ether oxygens (including phenoxy) is 2. The van der Waals surface area contributed by atoms with Gasteiger partial charge in [0, 0.05) is 32.9 Å². The van der Waals surface area contributed by atoms with E-state index in [1.807, 2.05) is 19.0 Å². The zero-order valence-electron chi connectivity index (χ0n) is 18.0. The number of urea groups is 1. The molecule has 0 bridgehead atoms. The maximum absolute atomic E-state index is 13.3. The number of carbonyl (C=O) groups is 2. The van der Waals surface area contributed by atoms with Crippen molar-refractivity contribution < 1.29 is 27.5 Å². The molecule has 0 aromatic heterocycles. The van der Waals surface area contributed by atoms with Crippen molar-refractivity contribution in [1.82, 2.24) is 0 Å². The van der Waals surface area contributed by atoms with Crippen LogP contribution in [0.5, 0.6) is 5.75 Å². The molecule has 1 unspecified atom stereocenters. The average Bonchev–Trinajstić information content (AvgIpc) is 2.72. The Bertz CT molecular complexity index is 1100. The van der Waals surface area contributed by atoms with Crippen molar-refractivity contribution in [3.8, 4) is 5.75 Å². The van der Waals surface area contributed by atoms with Crippen molar-refractivity contribution in [2.24, 2.45) is 0 Å². The highest BCUT2D eigenvalue weighted by Crippen LogP contribution is 2.39. The molecule has 1 atom stereocenters. The molecule has 1 aliphatic rings. The van der Waals surface area contributed by atoms with Crippen LogP contribution in [0, 0.1) is 0 Å². The van der Waals surface area contributed by atoms with Crippen LogP contribution < -0.4 is 18.8 Å². The predicted molar refractivity (Wildman–Crippen MR) is 117 cm³/mol. The van der Waals surface area contributed by atoms with E-state index in [0.29, 0.717) is 0 Å². The number of hydrogen-bond donors (Lipinski definition) is 0. The number of amides is 2. The first kappa shape index (κ1) is 22.4. The zero-order valence-corrected chi connectivity index (χ0v) is 18.8. The number of hydrogen-bond acceptors (Lipinski definition) is 7. The zero-order chi connectivity index (χ0) is 22.9. The first-order chi connectivity index (χ1) is 14.6. The summed E-state index contributed by atoms with van der Waals surface area (Å²) in [4.78, 5) is 27.9. The fraction of sp³-hybridized carbons (Fsp3) is 0.333. The van der Waals surface area contributed by atoms with E-state index in [1.165, 1.54) is 37.1 Å². The third-order valence-corrected chi connectivity index (χ3v) is 6.55. The number of rotatable bonds is 6. The van der Waals surface area contributed by atoms with Gasteiger partial charge in [-0.1, -0.05) is 0 Å². The quantitative estimate of drug-likeness (QED) is 0.628. The standard InChI is InChI=1S/C21H25N3O6S/c1-6-29-20(25)14(2)30-17-11-12-19-18(13-17)23(5)21(26)24(31(19,27)28)16-9-7-15(8-10-16)22(3)4/h7-14H,6H2,1-5H3. The Labute approximate surface area is 181 Å². The van der Waals surface area contributed by atoms with Crippen LogP contribution in [-0.2, 0) is 19.6 Å². The monoisotopic (exact) mass is 447 g/mol. The van der Waals surface area contributed by atoms with Crippen LogP contribution >= 0.6 is 0 Å². The lowest BCUT2D eigenvalue weighted by molar-refractivity contribution is -0.150. The summed E-state index contributed by atoms with van der Waals surface area (Å²) in [6.45, 7) is 3.44. The Morgan fingerprint density at radius 1 is 1.13 bits per heavy atom. The molecule has 1 heterocycles. The largest absolute Gasteiger partial charge is 0.479 e. The van der Waals surface area contributed by atoms with Gasteiger partial charge in [0.15, 0.2) is 6.10 Å². The molecule has 0 spiro atoms. The summed E-state index contributed by atoms with van der Waals surface area (Å²) in [5.41, 5.74) is 1.28. The average molecular weight is 448 g/mol. The van der Waals surface area contributed by atoms with Crippen LogP contribution in [0.2, 0.25) is 0 Å². The Morgan fingerprint density at radius 3 is 2.35 bits per heavy atom. The Morgan fingerprint density at radius 2 is 1.77 bits per heavy atom. The minimum Gasteiger partial charge on any atom is -0.479 e. The Kier molecular flexibility index (Phi) is 6.12. The van der Waals surface area contributed by atoms with Gasteiger partial charge in [-0.05, 0) is 50.2 Å². The van der Waals surface area contributed by atoms with Crippen molar-refractivity contribution in [2.45, 2.75) is 24.8 Å². The molecular formula is C21H25N3O6S. The molecule has 0 N–H and O–H groups in total. The Hall–Kier alpha value is -3.27. The molecule has 0 fully saturated rings. The van der Waals surface area contributed by atoms with E-state index in [-0.39, 0.29) is 28.6 Å². The maximum Gasteiger partial charge on any atom is 0.347 e. The smallest absolute Gasteiger partial charge is 0.347 e. The lowest BCUT2D eigenvalue weighted by atomic mass is 10.2. The van der Waals surface area contributed by atoms with Crippen molar-refractivity contribution >= 4 is 39.1 Å². The minimum absolute atomic E-state index is 0.0394. The molecule has 0 saturated carbocycles. The summed E-state index contributed by atoms with van der Waals surface area (Å²) < 4.78 is 37.8. The summed E-state index contributed by atoms with van der Waals surface area (Å²) in [7, 11) is 1.07. The summed E-state index contributed by atoms with van der Waals surface area (Å²) in [6, 6.07) is 10.2. The molecule has 166 valence electrons. The van der Waals surface area contributed by atoms with Gasteiger partial charge in [0.05, 0.1) is 18.0 Å². The molecule has 1 aliphatic heterocycles. The number of carbonyl (C=O) groups excluding carboxylic acids is 2. The number of fused-ring (bicyclic) bond motifs is 1. The normalized spacial score (nSPS) is 15.8. The van der Waals surface area contributed by atoms with Crippen LogP contribution in [0.3, 0.4) is 0 Å². The maximum atomic E-state index is 13.3. The van der Waals surface area contributed by atoms with E-state index >= 15 is 0 Å². The van der Waals surface area contributed by atoms with Gasteiger partial charge in [-0.3, -0.25) is 4.90 Å². The number of anilines is 3. The van der Waals surface area contributed by atoms with Gasteiger partial charge >= 0.3 is 12.0 Å². The van der Waals surface area contributed by atoms with Gasteiger partial charge in [0.2, 0.25) is 0 Å². The van der Waals surface area contributed by atoms with Gasteiger partial charge in [-0.25, -0.2) is 18.0 Å². The summed E-state index contributed by atoms with van der Waals surface area (Å²) in [5.74, 6) is -0.289. The van der Waals surface area contributed by atoms with Crippen LogP contribution in [0.25, 0.3) is 0 Å². The van der Waals surface area contributed by atoms with E-state index in [9.17, 15) is 18.0 Å². The Balaban J connectivity index is 1.97. The highest BCUT2D eigenvalue weighted by Gasteiger charge is 2.41. The fourth-order valence-electron chi connectivity index (χ4n) is 3.14. The highest BCUT2D eigenvalue weighted by atomic mass is 32.2. The van der Waals surface area contributed by atoms with Crippen molar-refractivity contribution in [3.63, 3.8) is 0 Å². The summed E-state index contributed by atoms with van der Waals surface area (Å²) in [6.07, 6.45) is -0.883. The predicted octanol–water partition coefficient (Wildman–Crippen LogP) is 2.85. The summed E-state index contributed by atoms with van der Waals surface area (Å²) in [5, 5.41) is 0. The highest BCUT2D eigenvalue weighted by molar-refractivity contribution is 7.94.